The number of nitrogens with one attached hydrogen (secondary N) is 2. The minimum absolute atomic E-state index is 0.197. The number of alkyl carbamates (subject to hydrolysis) is 1. The van der Waals surface area contributed by atoms with Gasteiger partial charge in [0, 0.05) is 12.6 Å². The first-order valence-electron chi connectivity index (χ1n) is 13.4. The van der Waals surface area contributed by atoms with Gasteiger partial charge in [-0.05, 0) is 77.0 Å². The van der Waals surface area contributed by atoms with Crippen molar-refractivity contribution in [2.75, 3.05) is 6.54 Å². The highest BCUT2D eigenvalue weighted by Gasteiger charge is 2.40. The number of benzene rings is 1. The molecule has 0 aliphatic heterocycles. The Morgan fingerprint density at radius 1 is 1.00 bits per heavy atom. The van der Waals surface area contributed by atoms with Crippen LogP contribution in [0.1, 0.15) is 104 Å². The molecule has 3 amide bonds. The van der Waals surface area contributed by atoms with Crippen LogP contribution >= 0.6 is 0 Å². The number of hydrogen-bond donors (Lipinski definition) is 2. The van der Waals surface area contributed by atoms with Gasteiger partial charge in [-0.15, -0.1) is 0 Å². The summed E-state index contributed by atoms with van der Waals surface area (Å²) < 4.78 is 5.44. The maximum absolute atomic E-state index is 14.2. The van der Waals surface area contributed by atoms with E-state index in [9.17, 15) is 14.4 Å². The fraction of sp³-hybridized carbons (Fsp3) is 0.690. The number of aryl methyl sites for hydroxylation is 2. The summed E-state index contributed by atoms with van der Waals surface area (Å²) in [5.41, 5.74) is 2.04. The Bertz CT molecular complexity index is 856. The van der Waals surface area contributed by atoms with Crippen LogP contribution in [0.15, 0.2) is 18.2 Å². The Hall–Kier alpha value is -2.57. The number of nitrogens with zero attached hydrogens (tertiary/aromatic N) is 1. The highest BCUT2D eigenvalue weighted by molar-refractivity contribution is 5.93. The molecule has 204 valence electrons. The molecule has 0 radical (unpaired) electrons. The lowest BCUT2D eigenvalue weighted by Gasteiger charge is -2.40. The van der Waals surface area contributed by atoms with Crippen LogP contribution in [-0.2, 0) is 14.3 Å². The lowest BCUT2D eigenvalue weighted by atomic mass is 9.91. The van der Waals surface area contributed by atoms with E-state index in [1.165, 1.54) is 0 Å². The number of ether oxygens (including phenoxy) is 1. The quantitative estimate of drug-likeness (QED) is 0.352. The van der Waals surface area contributed by atoms with Crippen molar-refractivity contribution in [2.24, 2.45) is 5.92 Å². The Morgan fingerprint density at radius 2 is 1.58 bits per heavy atom. The lowest BCUT2D eigenvalue weighted by molar-refractivity contribution is -0.146. The van der Waals surface area contributed by atoms with Crippen molar-refractivity contribution in [1.82, 2.24) is 15.5 Å². The molecule has 0 aliphatic carbocycles. The second-order valence-corrected chi connectivity index (χ2v) is 11.1. The molecule has 0 saturated carbocycles. The van der Waals surface area contributed by atoms with Crippen molar-refractivity contribution in [2.45, 2.75) is 119 Å². The normalized spacial score (nSPS) is 14.1. The standard InChI is InChI=1S/C29H49N3O4/c1-11-13-14-18-30-26(33)25(23-20(5)16-15-17-21(23)6)32(22(7)12-2)27(34)24(19(3)4)31-28(35)36-29(8,9)10/h15-17,19,22,24-25H,11-14,18H2,1-10H3,(H,30,33)(H,31,35). The molecule has 1 aromatic carbocycles. The summed E-state index contributed by atoms with van der Waals surface area (Å²) in [4.78, 5) is 42.3. The van der Waals surface area contributed by atoms with Gasteiger partial charge in [-0.1, -0.05) is 58.7 Å². The molecule has 7 heteroatoms. The van der Waals surface area contributed by atoms with Crippen LogP contribution < -0.4 is 10.6 Å². The summed E-state index contributed by atoms with van der Waals surface area (Å²) in [6.07, 6.45) is 2.98. The molecule has 36 heavy (non-hydrogen) atoms. The monoisotopic (exact) mass is 503 g/mol. The molecule has 0 fully saturated rings. The van der Waals surface area contributed by atoms with E-state index < -0.39 is 23.8 Å². The maximum Gasteiger partial charge on any atom is 0.408 e. The van der Waals surface area contributed by atoms with Crippen LogP contribution in [0.2, 0.25) is 0 Å². The molecule has 3 unspecified atom stereocenters. The Morgan fingerprint density at radius 3 is 2.06 bits per heavy atom. The van der Waals surface area contributed by atoms with Crippen molar-refractivity contribution in [3.05, 3.63) is 34.9 Å². The van der Waals surface area contributed by atoms with Crippen LogP contribution in [-0.4, -0.2) is 47.0 Å². The van der Waals surface area contributed by atoms with Crippen LogP contribution in [0.25, 0.3) is 0 Å². The minimum atomic E-state index is -0.839. The number of hydrogen-bond acceptors (Lipinski definition) is 4. The molecule has 1 aromatic rings. The third kappa shape index (κ3) is 9.14. The molecule has 0 saturated heterocycles. The zero-order valence-corrected chi connectivity index (χ0v) is 24.2. The molecule has 2 N–H and O–H groups in total. The predicted octanol–water partition coefficient (Wildman–Crippen LogP) is 5.83. The van der Waals surface area contributed by atoms with Gasteiger partial charge in [0.05, 0.1) is 0 Å². The molecule has 0 spiro atoms. The molecule has 0 aliphatic rings. The summed E-state index contributed by atoms with van der Waals surface area (Å²) in [5, 5.41) is 5.86. The average Bonchev–Trinajstić information content (AvgIpc) is 2.77. The second kappa shape index (κ2) is 14.2. The first kappa shape index (κ1) is 31.5. The number of rotatable bonds is 12. The van der Waals surface area contributed by atoms with E-state index >= 15 is 0 Å². The van der Waals surface area contributed by atoms with Gasteiger partial charge in [0.2, 0.25) is 11.8 Å². The molecule has 3 atom stereocenters. The third-order valence-electron chi connectivity index (χ3n) is 6.35. The number of carbonyl (C=O) groups excluding carboxylic acids is 3. The molecule has 1 rings (SSSR count). The number of amides is 3. The van der Waals surface area contributed by atoms with Crippen LogP contribution in [0.5, 0.6) is 0 Å². The largest absolute Gasteiger partial charge is 0.444 e. The van der Waals surface area contributed by atoms with E-state index in [2.05, 4.69) is 17.6 Å². The summed E-state index contributed by atoms with van der Waals surface area (Å²) in [7, 11) is 0. The lowest BCUT2D eigenvalue weighted by Crippen LogP contribution is -2.57. The Labute approximate surface area is 218 Å². The third-order valence-corrected chi connectivity index (χ3v) is 6.35. The predicted molar refractivity (Wildman–Crippen MR) is 146 cm³/mol. The van der Waals surface area contributed by atoms with Crippen molar-refractivity contribution < 1.29 is 19.1 Å². The van der Waals surface area contributed by atoms with Crippen molar-refractivity contribution in [3.8, 4) is 0 Å². The van der Waals surface area contributed by atoms with Gasteiger partial charge >= 0.3 is 6.09 Å². The topological polar surface area (TPSA) is 87.7 Å². The van der Waals surface area contributed by atoms with Crippen molar-refractivity contribution in [3.63, 3.8) is 0 Å². The van der Waals surface area contributed by atoms with E-state index in [1.54, 1.807) is 25.7 Å². The fourth-order valence-electron chi connectivity index (χ4n) is 4.24. The Balaban J connectivity index is 3.54. The van der Waals surface area contributed by atoms with Crippen molar-refractivity contribution in [1.29, 1.82) is 0 Å². The average molecular weight is 504 g/mol. The van der Waals surface area contributed by atoms with Gasteiger partial charge in [-0.3, -0.25) is 9.59 Å². The highest BCUT2D eigenvalue weighted by atomic mass is 16.6. The van der Waals surface area contributed by atoms with E-state index in [0.717, 1.165) is 36.0 Å². The molecule has 0 heterocycles. The van der Waals surface area contributed by atoms with Crippen molar-refractivity contribution >= 4 is 17.9 Å². The van der Waals surface area contributed by atoms with Gasteiger partial charge in [-0.25, -0.2) is 4.79 Å². The van der Waals surface area contributed by atoms with Gasteiger partial charge in [-0.2, -0.15) is 0 Å². The maximum atomic E-state index is 14.2. The first-order valence-corrected chi connectivity index (χ1v) is 13.4. The van der Waals surface area contributed by atoms with Gasteiger partial charge in [0.25, 0.3) is 0 Å². The molecule has 7 nitrogen and oxygen atoms in total. The van der Waals surface area contributed by atoms with Crippen LogP contribution in [0.3, 0.4) is 0 Å². The first-order chi connectivity index (χ1) is 16.7. The van der Waals surface area contributed by atoms with Crippen LogP contribution in [0, 0.1) is 19.8 Å². The van der Waals surface area contributed by atoms with Crippen LogP contribution in [0.4, 0.5) is 4.79 Å². The summed E-state index contributed by atoms with van der Waals surface area (Å²) in [6, 6.07) is 4.02. The Kier molecular flexibility index (Phi) is 12.4. The molecule has 0 aromatic heterocycles. The number of unbranched alkanes of at least 4 members (excludes halogenated alkanes) is 2. The SMILES string of the molecule is CCCCCNC(=O)C(c1c(C)cccc1C)N(C(=O)C(NC(=O)OC(C)(C)C)C(C)C)C(C)CC. The number of carbonyl (C=O) groups is 3. The van der Waals surface area contributed by atoms with Gasteiger partial charge in [0.15, 0.2) is 0 Å². The van der Waals surface area contributed by atoms with E-state index in [-0.39, 0.29) is 23.8 Å². The molecular formula is C29H49N3O4. The van der Waals surface area contributed by atoms with E-state index in [4.69, 9.17) is 4.74 Å². The summed E-state index contributed by atoms with van der Waals surface area (Å²) in [5.74, 6) is -0.693. The van der Waals surface area contributed by atoms with Gasteiger partial charge < -0.3 is 20.3 Å². The molecular weight excluding hydrogens is 454 g/mol. The van der Waals surface area contributed by atoms with E-state index in [1.807, 2.05) is 59.7 Å². The van der Waals surface area contributed by atoms with Gasteiger partial charge in [0.1, 0.15) is 17.7 Å². The highest BCUT2D eigenvalue weighted by Crippen LogP contribution is 2.31. The second-order valence-electron chi connectivity index (χ2n) is 11.1. The fourth-order valence-corrected chi connectivity index (χ4v) is 4.24. The summed E-state index contributed by atoms with van der Waals surface area (Å²) in [6.45, 7) is 19.7. The zero-order valence-electron chi connectivity index (χ0n) is 24.2. The minimum Gasteiger partial charge on any atom is -0.444 e. The zero-order chi connectivity index (χ0) is 27.6. The molecule has 0 bridgehead atoms. The van der Waals surface area contributed by atoms with E-state index in [0.29, 0.717) is 13.0 Å². The summed E-state index contributed by atoms with van der Waals surface area (Å²) >= 11 is 0. The smallest absolute Gasteiger partial charge is 0.408 e.